The number of methoxy groups -OCH3 is 1. The van der Waals surface area contributed by atoms with Crippen LogP contribution >= 0.6 is 23.2 Å². The Hall–Kier alpha value is -3.09. The van der Waals surface area contributed by atoms with Crippen LogP contribution in [0.2, 0.25) is 10.0 Å². The summed E-state index contributed by atoms with van der Waals surface area (Å²) < 4.78 is 5.99. The average molecular weight is 431 g/mol. The number of hydrogen-bond acceptors (Lipinski definition) is 4. The van der Waals surface area contributed by atoms with Crippen molar-refractivity contribution in [2.45, 2.75) is 6.54 Å². The normalized spacial score (nSPS) is 10.4. The number of aromatic nitrogens is 1. The van der Waals surface area contributed by atoms with Gasteiger partial charge in [-0.3, -0.25) is 9.59 Å². The van der Waals surface area contributed by atoms with Crippen LogP contribution in [0.25, 0.3) is 0 Å². The molecular weight excluding hydrogens is 415 g/mol. The molecule has 0 unspecified atom stereocenters. The molecule has 0 saturated carbocycles. The first-order valence-electron chi connectivity index (χ1n) is 8.51. The van der Waals surface area contributed by atoms with Crippen molar-refractivity contribution in [3.63, 3.8) is 0 Å². The van der Waals surface area contributed by atoms with Crippen molar-refractivity contribution in [1.82, 2.24) is 4.57 Å². The second kappa shape index (κ2) is 8.94. The topological polar surface area (TPSA) is 77.4 Å². The summed E-state index contributed by atoms with van der Waals surface area (Å²) in [7, 11) is 1.29. The van der Waals surface area contributed by atoms with Crippen molar-refractivity contribution in [3.05, 3.63) is 97.9 Å². The number of halogens is 2. The largest absolute Gasteiger partial charge is 0.465 e. The number of carbonyl (C=O) groups is 2. The predicted molar refractivity (Wildman–Crippen MR) is 112 cm³/mol. The zero-order valence-corrected chi connectivity index (χ0v) is 16.8. The first kappa shape index (κ1) is 20.6. The number of pyridine rings is 1. The highest BCUT2D eigenvalue weighted by Crippen LogP contribution is 2.15. The molecule has 0 aliphatic heterocycles. The van der Waals surface area contributed by atoms with Crippen LogP contribution in [0.15, 0.2) is 65.6 Å². The molecule has 2 aromatic carbocycles. The minimum absolute atomic E-state index is 0.0688. The van der Waals surface area contributed by atoms with Crippen molar-refractivity contribution in [2.75, 3.05) is 12.4 Å². The molecule has 8 heteroatoms. The van der Waals surface area contributed by atoms with Crippen LogP contribution in [0.1, 0.15) is 26.3 Å². The second-order valence-electron chi connectivity index (χ2n) is 6.16. The second-order valence-corrected chi connectivity index (χ2v) is 7.01. The standard InChI is InChI=1S/C21H16Cl2N2O4/c1-29-21(28)14-5-7-17(8-6-14)24-19(26)15-10-18(23)20(27)25(12-15)11-13-3-2-4-16(22)9-13/h2-10,12H,11H2,1H3,(H,24,26). The van der Waals surface area contributed by atoms with E-state index >= 15 is 0 Å². The molecule has 1 N–H and O–H groups in total. The molecule has 3 rings (SSSR count). The van der Waals surface area contributed by atoms with E-state index in [1.807, 2.05) is 6.07 Å². The Morgan fingerprint density at radius 1 is 1.03 bits per heavy atom. The van der Waals surface area contributed by atoms with E-state index in [1.54, 1.807) is 30.3 Å². The molecule has 0 fully saturated rings. The van der Waals surface area contributed by atoms with Gasteiger partial charge >= 0.3 is 5.97 Å². The van der Waals surface area contributed by atoms with E-state index in [2.05, 4.69) is 10.1 Å². The van der Waals surface area contributed by atoms with Gasteiger partial charge in [-0.25, -0.2) is 4.79 Å². The predicted octanol–water partition coefficient (Wildman–Crippen LogP) is 4.24. The Bertz CT molecular complexity index is 1120. The van der Waals surface area contributed by atoms with E-state index in [4.69, 9.17) is 23.2 Å². The van der Waals surface area contributed by atoms with Crippen LogP contribution in [-0.2, 0) is 11.3 Å². The summed E-state index contributed by atoms with van der Waals surface area (Å²) in [6, 6.07) is 14.6. The fourth-order valence-corrected chi connectivity index (χ4v) is 3.12. The number of anilines is 1. The molecule has 1 heterocycles. The Kier molecular flexibility index (Phi) is 6.36. The van der Waals surface area contributed by atoms with Gasteiger partial charge in [-0.1, -0.05) is 35.3 Å². The number of esters is 1. The lowest BCUT2D eigenvalue weighted by Crippen LogP contribution is -2.24. The van der Waals surface area contributed by atoms with Crippen molar-refractivity contribution in [3.8, 4) is 0 Å². The summed E-state index contributed by atoms with van der Waals surface area (Å²) in [4.78, 5) is 36.4. The van der Waals surface area contributed by atoms with Gasteiger partial charge in [-0.15, -0.1) is 0 Å². The number of benzene rings is 2. The van der Waals surface area contributed by atoms with E-state index in [1.165, 1.54) is 36.1 Å². The summed E-state index contributed by atoms with van der Waals surface area (Å²) in [5.41, 5.74) is 1.45. The Labute approximate surface area is 176 Å². The zero-order chi connectivity index (χ0) is 21.0. The maximum absolute atomic E-state index is 12.6. The molecule has 6 nitrogen and oxygen atoms in total. The highest BCUT2D eigenvalue weighted by molar-refractivity contribution is 6.31. The number of carbonyl (C=O) groups excluding carboxylic acids is 2. The third-order valence-electron chi connectivity index (χ3n) is 4.11. The van der Waals surface area contributed by atoms with Crippen LogP contribution in [-0.4, -0.2) is 23.6 Å². The van der Waals surface area contributed by atoms with Crippen molar-refractivity contribution < 1.29 is 14.3 Å². The third kappa shape index (κ3) is 5.04. The lowest BCUT2D eigenvalue weighted by molar-refractivity contribution is 0.0600. The van der Waals surface area contributed by atoms with Gasteiger partial charge in [0.25, 0.3) is 11.5 Å². The van der Waals surface area contributed by atoms with Crippen molar-refractivity contribution in [1.29, 1.82) is 0 Å². The number of nitrogens with zero attached hydrogens (tertiary/aromatic N) is 1. The van der Waals surface area contributed by atoms with Crippen LogP contribution in [0.4, 0.5) is 5.69 Å². The summed E-state index contributed by atoms with van der Waals surface area (Å²) in [6.07, 6.45) is 1.44. The fraction of sp³-hybridized carbons (Fsp3) is 0.0952. The summed E-state index contributed by atoms with van der Waals surface area (Å²) in [6.45, 7) is 0.216. The molecule has 29 heavy (non-hydrogen) atoms. The number of rotatable bonds is 5. The molecule has 0 saturated heterocycles. The maximum Gasteiger partial charge on any atom is 0.337 e. The highest BCUT2D eigenvalue weighted by atomic mass is 35.5. The number of ether oxygens (including phenoxy) is 1. The van der Waals surface area contributed by atoms with Crippen molar-refractivity contribution in [2.24, 2.45) is 0 Å². The Morgan fingerprint density at radius 2 is 1.76 bits per heavy atom. The van der Waals surface area contributed by atoms with Crippen molar-refractivity contribution >= 4 is 40.8 Å². The monoisotopic (exact) mass is 430 g/mol. The van der Waals surface area contributed by atoms with Gasteiger partial charge in [-0.2, -0.15) is 0 Å². The third-order valence-corrected chi connectivity index (χ3v) is 4.62. The van der Waals surface area contributed by atoms with Gasteiger partial charge in [0.05, 0.1) is 24.8 Å². The average Bonchev–Trinajstić information content (AvgIpc) is 2.71. The van der Waals surface area contributed by atoms with Crippen LogP contribution in [0, 0.1) is 0 Å². The van der Waals surface area contributed by atoms with E-state index in [-0.39, 0.29) is 17.1 Å². The first-order valence-corrected chi connectivity index (χ1v) is 9.27. The van der Waals surface area contributed by atoms with E-state index in [9.17, 15) is 14.4 Å². The zero-order valence-electron chi connectivity index (χ0n) is 15.3. The minimum Gasteiger partial charge on any atom is -0.465 e. The quantitative estimate of drug-likeness (QED) is 0.613. The van der Waals surface area contributed by atoms with Gasteiger partial charge < -0.3 is 14.6 Å². The Morgan fingerprint density at radius 3 is 2.41 bits per heavy atom. The molecule has 1 amide bonds. The van der Waals surface area contributed by atoms with E-state index < -0.39 is 17.4 Å². The first-order chi connectivity index (χ1) is 13.9. The fourth-order valence-electron chi connectivity index (χ4n) is 2.68. The SMILES string of the molecule is COC(=O)c1ccc(NC(=O)c2cc(Cl)c(=O)n(Cc3cccc(Cl)c3)c2)cc1. The van der Waals surface area contributed by atoms with Gasteiger partial charge in [0, 0.05) is 16.9 Å². The van der Waals surface area contributed by atoms with Crippen LogP contribution < -0.4 is 10.9 Å². The molecular formula is C21H16Cl2N2O4. The summed E-state index contributed by atoms with van der Waals surface area (Å²) in [5.74, 6) is -0.916. The number of amides is 1. The molecule has 0 aliphatic carbocycles. The smallest absolute Gasteiger partial charge is 0.337 e. The summed E-state index contributed by atoms with van der Waals surface area (Å²) >= 11 is 12.0. The Balaban J connectivity index is 1.83. The molecule has 0 atom stereocenters. The molecule has 3 aromatic rings. The molecule has 1 aromatic heterocycles. The number of hydrogen-bond donors (Lipinski definition) is 1. The maximum atomic E-state index is 12.6. The molecule has 148 valence electrons. The van der Waals surface area contributed by atoms with E-state index in [0.717, 1.165) is 5.56 Å². The lowest BCUT2D eigenvalue weighted by atomic mass is 10.2. The van der Waals surface area contributed by atoms with Gasteiger partial charge in [-0.05, 0) is 48.0 Å². The van der Waals surface area contributed by atoms with Crippen LogP contribution in [0.3, 0.4) is 0 Å². The minimum atomic E-state index is -0.470. The summed E-state index contributed by atoms with van der Waals surface area (Å²) in [5, 5.41) is 3.18. The lowest BCUT2D eigenvalue weighted by Gasteiger charge is -2.11. The van der Waals surface area contributed by atoms with Crippen LogP contribution in [0.5, 0.6) is 0 Å². The molecule has 0 spiro atoms. The molecule has 0 aliphatic rings. The number of nitrogens with one attached hydrogen (secondary N) is 1. The molecule has 0 bridgehead atoms. The molecule has 0 radical (unpaired) electrons. The van der Waals surface area contributed by atoms with Gasteiger partial charge in [0.1, 0.15) is 5.02 Å². The van der Waals surface area contributed by atoms with Gasteiger partial charge in [0.15, 0.2) is 0 Å². The van der Waals surface area contributed by atoms with E-state index in [0.29, 0.717) is 16.3 Å². The van der Waals surface area contributed by atoms with Gasteiger partial charge in [0.2, 0.25) is 0 Å². The highest BCUT2D eigenvalue weighted by Gasteiger charge is 2.13.